The molecule has 1 aliphatic carbocycles. The molecule has 0 heterocycles. The average molecular weight is 283 g/mol. The Bertz CT molecular complexity index is 385. The Morgan fingerprint density at radius 2 is 1.94 bits per heavy atom. The number of hydrogen-bond donors (Lipinski definition) is 1. The zero-order chi connectivity index (χ0) is 11.6. The second-order valence-corrected chi connectivity index (χ2v) is 5.38. The van der Waals surface area contributed by atoms with Crippen molar-refractivity contribution in [3.8, 4) is 0 Å². The predicted molar refractivity (Wildman–Crippen MR) is 66.3 cm³/mol. The van der Waals surface area contributed by atoms with Gasteiger partial charge in [-0.15, -0.1) is 0 Å². The molecule has 0 radical (unpaired) electrons. The van der Waals surface area contributed by atoms with Crippen LogP contribution in [0.5, 0.6) is 0 Å². The Morgan fingerprint density at radius 3 is 2.56 bits per heavy atom. The van der Waals surface area contributed by atoms with E-state index in [0.29, 0.717) is 19.3 Å². The van der Waals surface area contributed by atoms with Crippen molar-refractivity contribution in [2.75, 3.05) is 0 Å². The smallest absolute Gasteiger partial charge is 0.164 e. The van der Waals surface area contributed by atoms with Gasteiger partial charge in [0.05, 0.1) is 0 Å². The maximum Gasteiger partial charge on any atom is 0.164 e. The summed E-state index contributed by atoms with van der Waals surface area (Å²) in [4.78, 5) is 11.7. The molecule has 1 aliphatic rings. The maximum atomic E-state index is 11.7. The molecule has 0 aromatic heterocycles. The number of Topliss-reactive ketones (excluding diaryl/α,β-unsaturated/α-hetero) is 1. The quantitative estimate of drug-likeness (QED) is 0.906. The molecular weight excluding hydrogens is 268 g/mol. The van der Waals surface area contributed by atoms with Gasteiger partial charge in [-0.05, 0) is 37.0 Å². The van der Waals surface area contributed by atoms with E-state index in [0.717, 1.165) is 22.9 Å². The van der Waals surface area contributed by atoms with E-state index in [4.69, 9.17) is 0 Å². The van der Waals surface area contributed by atoms with Gasteiger partial charge in [0.1, 0.15) is 5.60 Å². The molecule has 86 valence electrons. The van der Waals surface area contributed by atoms with Gasteiger partial charge in [0.25, 0.3) is 0 Å². The van der Waals surface area contributed by atoms with Crippen molar-refractivity contribution in [3.63, 3.8) is 0 Å². The highest BCUT2D eigenvalue weighted by molar-refractivity contribution is 9.10. The van der Waals surface area contributed by atoms with Crippen molar-refractivity contribution < 1.29 is 9.90 Å². The van der Waals surface area contributed by atoms with E-state index < -0.39 is 5.60 Å². The van der Waals surface area contributed by atoms with Gasteiger partial charge in [-0.2, -0.15) is 0 Å². The van der Waals surface area contributed by atoms with E-state index in [1.54, 1.807) is 0 Å². The number of aliphatic hydroxyl groups is 1. The molecule has 1 aromatic carbocycles. The van der Waals surface area contributed by atoms with Crippen LogP contribution in [0.3, 0.4) is 0 Å². The summed E-state index contributed by atoms with van der Waals surface area (Å²) in [7, 11) is 0. The molecule has 0 aliphatic heterocycles. The molecule has 3 heteroatoms. The zero-order valence-corrected chi connectivity index (χ0v) is 10.7. The molecule has 1 atom stereocenters. The molecule has 2 rings (SSSR count). The van der Waals surface area contributed by atoms with Gasteiger partial charge in [0.2, 0.25) is 0 Å². The van der Waals surface area contributed by atoms with Crippen LogP contribution in [0.15, 0.2) is 28.7 Å². The summed E-state index contributed by atoms with van der Waals surface area (Å²) in [6, 6.07) is 7.77. The highest BCUT2D eigenvalue weighted by atomic mass is 79.9. The first-order chi connectivity index (χ1) is 7.60. The Kier molecular flexibility index (Phi) is 3.45. The third-order valence-electron chi connectivity index (χ3n) is 3.17. The van der Waals surface area contributed by atoms with Crippen molar-refractivity contribution in [2.45, 2.75) is 37.7 Å². The molecule has 0 bridgehead atoms. The molecule has 1 N–H and O–H groups in total. The standard InChI is InChI=1S/C13H15BrO2/c14-11-6-4-10(5-7-11)9-13(16)8-2-1-3-12(13)15/h4-7,16H,1-3,8-9H2. The van der Waals surface area contributed by atoms with Crippen LogP contribution < -0.4 is 0 Å². The van der Waals surface area contributed by atoms with Crippen LogP contribution in [0.4, 0.5) is 0 Å². The van der Waals surface area contributed by atoms with Crippen molar-refractivity contribution >= 4 is 21.7 Å². The minimum Gasteiger partial charge on any atom is -0.382 e. The SMILES string of the molecule is O=C1CCCCC1(O)Cc1ccc(Br)cc1. The topological polar surface area (TPSA) is 37.3 Å². The van der Waals surface area contributed by atoms with Crippen LogP contribution in [0.25, 0.3) is 0 Å². The van der Waals surface area contributed by atoms with Crippen LogP contribution in [0, 0.1) is 0 Å². The van der Waals surface area contributed by atoms with E-state index >= 15 is 0 Å². The van der Waals surface area contributed by atoms with Crippen molar-refractivity contribution in [1.29, 1.82) is 0 Å². The van der Waals surface area contributed by atoms with Gasteiger partial charge < -0.3 is 5.11 Å². The fraction of sp³-hybridized carbons (Fsp3) is 0.462. The van der Waals surface area contributed by atoms with E-state index in [2.05, 4.69) is 15.9 Å². The second kappa shape index (κ2) is 4.68. The molecule has 0 spiro atoms. The maximum absolute atomic E-state index is 11.7. The zero-order valence-electron chi connectivity index (χ0n) is 9.08. The lowest BCUT2D eigenvalue weighted by Gasteiger charge is -2.30. The van der Waals surface area contributed by atoms with Gasteiger partial charge in [-0.1, -0.05) is 28.1 Å². The largest absolute Gasteiger partial charge is 0.382 e. The summed E-state index contributed by atoms with van der Waals surface area (Å²) in [5.41, 5.74) is -0.104. The average Bonchev–Trinajstić information content (AvgIpc) is 2.26. The number of rotatable bonds is 2. The summed E-state index contributed by atoms with van der Waals surface area (Å²) in [6.07, 6.45) is 3.42. The summed E-state index contributed by atoms with van der Waals surface area (Å²) in [6.45, 7) is 0. The molecular formula is C13H15BrO2. The first-order valence-electron chi connectivity index (χ1n) is 5.60. The number of halogens is 1. The van der Waals surface area contributed by atoms with E-state index in [1.807, 2.05) is 24.3 Å². The van der Waals surface area contributed by atoms with E-state index in [9.17, 15) is 9.90 Å². The van der Waals surface area contributed by atoms with Gasteiger partial charge in [0.15, 0.2) is 5.78 Å². The molecule has 1 aromatic rings. The third kappa shape index (κ3) is 2.53. The summed E-state index contributed by atoms with van der Waals surface area (Å²) >= 11 is 3.37. The molecule has 2 nitrogen and oxygen atoms in total. The van der Waals surface area contributed by atoms with Crippen molar-refractivity contribution in [3.05, 3.63) is 34.3 Å². The van der Waals surface area contributed by atoms with Crippen LogP contribution in [0.1, 0.15) is 31.2 Å². The molecule has 1 saturated carbocycles. The van der Waals surface area contributed by atoms with E-state index in [-0.39, 0.29) is 5.78 Å². The van der Waals surface area contributed by atoms with Crippen molar-refractivity contribution in [1.82, 2.24) is 0 Å². The third-order valence-corrected chi connectivity index (χ3v) is 3.70. The Morgan fingerprint density at radius 1 is 1.25 bits per heavy atom. The molecule has 16 heavy (non-hydrogen) atoms. The molecule has 0 amide bonds. The minimum absolute atomic E-state index is 0.00155. The van der Waals surface area contributed by atoms with Crippen molar-refractivity contribution in [2.24, 2.45) is 0 Å². The fourth-order valence-corrected chi connectivity index (χ4v) is 2.47. The van der Waals surface area contributed by atoms with Crippen LogP contribution in [0.2, 0.25) is 0 Å². The normalized spacial score (nSPS) is 25.8. The monoisotopic (exact) mass is 282 g/mol. The molecule has 0 saturated heterocycles. The number of carbonyl (C=O) groups excluding carboxylic acids is 1. The van der Waals surface area contributed by atoms with Gasteiger partial charge in [-0.25, -0.2) is 0 Å². The minimum atomic E-state index is -1.12. The lowest BCUT2D eigenvalue weighted by Crippen LogP contribution is -2.43. The lowest BCUT2D eigenvalue weighted by atomic mass is 9.79. The summed E-state index contributed by atoms with van der Waals surface area (Å²) in [5.74, 6) is 0.00155. The van der Waals surface area contributed by atoms with E-state index in [1.165, 1.54) is 0 Å². The highest BCUT2D eigenvalue weighted by Gasteiger charge is 2.37. The summed E-state index contributed by atoms with van der Waals surface area (Å²) in [5, 5.41) is 10.3. The summed E-state index contributed by atoms with van der Waals surface area (Å²) < 4.78 is 1.01. The predicted octanol–water partition coefficient (Wildman–Crippen LogP) is 2.87. The first kappa shape index (κ1) is 11.8. The number of carbonyl (C=O) groups is 1. The van der Waals surface area contributed by atoms with Gasteiger partial charge in [0, 0.05) is 17.3 Å². The number of ketones is 1. The number of hydrogen-bond acceptors (Lipinski definition) is 2. The van der Waals surface area contributed by atoms with Crippen LogP contribution >= 0.6 is 15.9 Å². The fourth-order valence-electron chi connectivity index (χ4n) is 2.20. The second-order valence-electron chi connectivity index (χ2n) is 4.47. The lowest BCUT2D eigenvalue weighted by molar-refractivity contribution is -0.140. The van der Waals surface area contributed by atoms with Gasteiger partial charge >= 0.3 is 0 Å². The van der Waals surface area contributed by atoms with Gasteiger partial charge in [-0.3, -0.25) is 4.79 Å². The van der Waals surface area contributed by atoms with Crippen LogP contribution in [-0.2, 0) is 11.2 Å². The molecule has 1 fully saturated rings. The Hall–Kier alpha value is -0.670. The first-order valence-corrected chi connectivity index (χ1v) is 6.40. The van der Waals surface area contributed by atoms with Crippen LogP contribution in [-0.4, -0.2) is 16.5 Å². The Balaban J connectivity index is 2.13. The Labute approximate surface area is 104 Å². The molecule has 1 unspecified atom stereocenters. The highest BCUT2D eigenvalue weighted by Crippen LogP contribution is 2.28. The number of benzene rings is 1.